The zero-order valence-corrected chi connectivity index (χ0v) is 18.8. The summed E-state index contributed by atoms with van der Waals surface area (Å²) in [6.07, 6.45) is 6.49. The summed E-state index contributed by atoms with van der Waals surface area (Å²) < 4.78 is 0. The molecule has 1 saturated heterocycles. The van der Waals surface area contributed by atoms with Crippen molar-refractivity contribution in [3.05, 3.63) is 77.0 Å². The molecule has 5 rings (SSSR count). The topological polar surface area (TPSA) is 111 Å². The van der Waals surface area contributed by atoms with Crippen LogP contribution in [0.15, 0.2) is 65.8 Å². The molecule has 8 nitrogen and oxygen atoms in total. The standard InChI is InChI=1S/C26H25N5O3/c1-16(32)31-10-7-18(8-11-31)17-2-4-21(5-3-17)29-25-24-19(6-9-28-26(24)34)13-23(30-25)20-12-22(33)15-27-14-20/h2-6,9,12-15,18,33H,7-8,10-11H2,1H3,(H,28,34)(H,29,30). The Balaban J connectivity index is 1.44. The Morgan fingerprint density at radius 3 is 2.59 bits per heavy atom. The second kappa shape index (κ2) is 8.97. The lowest BCUT2D eigenvalue weighted by Crippen LogP contribution is -2.36. The minimum absolute atomic E-state index is 0.0459. The van der Waals surface area contributed by atoms with Crippen LogP contribution in [0.25, 0.3) is 22.0 Å². The molecule has 1 aliphatic rings. The van der Waals surface area contributed by atoms with E-state index < -0.39 is 0 Å². The number of piperidine rings is 1. The van der Waals surface area contributed by atoms with Gasteiger partial charge in [0, 0.05) is 43.7 Å². The summed E-state index contributed by atoms with van der Waals surface area (Å²) in [5, 5.41) is 14.3. The number of H-pyrrole nitrogens is 1. The van der Waals surface area contributed by atoms with Gasteiger partial charge in [-0.2, -0.15) is 0 Å². The summed E-state index contributed by atoms with van der Waals surface area (Å²) in [5.74, 6) is 1.04. The van der Waals surface area contributed by atoms with Gasteiger partial charge in [0.2, 0.25) is 5.91 Å². The van der Waals surface area contributed by atoms with E-state index in [4.69, 9.17) is 0 Å². The summed E-state index contributed by atoms with van der Waals surface area (Å²) >= 11 is 0. The molecule has 172 valence electrons. The van der Waals surface area contributed by atoms with Crippen LogP contribution in [-0.4, -0.2) is 44.0 Å². The smallest absolute Gasteiger partial charge is 0.259 e. The molecule has 0 unspecified atom stereocenters. The average molecular weight is 456 g/mol. The van der Waals surface area contributed by atoms with Gasteiger partial charge in [0.25, 0.3) is 5.56 Å². The van der Waals surface area contributed by atoms with Crippen LogP contribution < -0.4 is 10.9 Å². The van der Waals surface area contributed by atoms with Gasteiger partial charge in [-0.25, -0.2) is 4.98 Å². The predicted molar refractivity (Wildman–Crippen MR) is 131 cm³/mol. The minimum atomic E-state index is -0.234. The number of aromatic hydroxyl groups is 1. The molecule has 0 aliphatic carbocycles. The Labute approximate surface area is 196 Å². The van der Waals surface area contributed by atoms with E-state index >= 15 is 0 Å². The number of likely N-dealkylation sites (tertiary alicyclic amines) is 1. The lowest BCUT2D eigenvalue weighted by atomic mass is 9.89. The van der Waals surface area contributed by atoms with Crippen LogP contribution in [0.5, 0.6) is 5.75 Å². The first-order chi connectivity index (χ1) is 16.5. The number of benzene rings is 1. The Morgan fingerprint density at radius 2 is 1.88 bits per heavy atom. The number of hydrogen-bond donors (Lipinski definition) is 3. The zero-order chi connectivity index (χ0) is 23.7. The quantitative estimate of drug-likeness (QED) is 0.426. The molecule has 0 bridgehead atoms. The van der Waals surface area contributed by atoms with E-state index in [1.54, 1.807) is 25.4 Å². The SMILES string of the molecule is CC(=O)N1CCC(c2ccc(Nc3nc(-c4cncc(O)c4)cc4cc[nH]c(=O)c34)cc2)CC1. The first kappa shape index (κ1) is 21.6. The Bertz CT molecular complexity index is 1410. The van der Waals surface area contributed by atoms with Gasteiger partial charge in [-0.15, -0.1) is 0 Å². The van der Waals surface area contributed by atoms with Crippen molar-refractivity contribution in [2.24, 2.45) is 0 Å². The van der Waals surface area contributed by atoms with E-state index in [0.29, 0.717) is 28.4 Å². The van der Waals surface area contributed by atoms with Gasteiger partial charge in [-0.1, -0.05) is 12.1 Å². The highest BCUT2D eigenvalue weighted by Crippen LogP contribution is 2.31. The number of aromatic amines is 1. The van der Waals surface area contributed by atoms with Gasteiger partial charge in [0.15, 0.2) is 0 Å². The van der Waals surface area contributed by atoms with Gasteiger partial charge >= 0.3 is 0 Å². The highest BCUT2D eigenvalue weighted by atomic mass is 16.3. The molecule has 3 aromatic heterocycles. The molecular formula is C26H25N5O3. The van der Waals surface area contributed by atoms with E-state index in [1.807, 2.05) is 29.2 Å². The molecule has 0 atom stereocenters. The first-order valence-electron chi connectivity index (χ1n) is 11.3. The first-order valence-corrected chi connectivity index (χ1v) is 11.3. The number of fused-ring (bicyclic) bond motifs is 1. The number of anilines is 2. The van der Waals surface area contributed by atoms with Crippen LogP contribution in [0.4, 0.5) is 11.5 Å². The fourth-order valence-corrected chi connectivity index (χ4v) is 4.52. The number of nitrogens with one attached hydrogen (secondary N) is 2. The van der Waals surface area contributed by atoms with E-state index in [-0.39, 0.29) is 17.2 Å². The monoisotopic (exact) mass is 455 g/mol. The maximum absolute atomic E-state index is 12.6. The Morgan fingerprint density at radius 1 is 1.12 bits per heavy atom. The number of rotatable bonds is 4. The van der Waals surface area contributed by atoms with Crippen molar-refractivity contribution < 1.29 is 9.90 Å². The van der Waals surface area contributed by atoms with Crippen molar-refractivity contribution in [1.82, 2.24) is 19.9 Å². The summed E-state index contributed by atoms with van der Waals surface area (Å²) in [6.45, 7) is 3.19. The predicted octanol–water partition coefficient (Wildman–Crippen LogP) is 4.16. The number of pyridine rings is 3. The molecular weight excluding hydrogens is 430 g/mol. The van der Waals surface area contributed by atoms with Crippen LogP contribution in [0.2, 0.25) is 0 Å². The second-order valence-electron chi connectivity index (χ2n) is 8.59. The third-order valence-electron chi connectivity index (χ3n) is 6.36. The van der Waals surface area contributed by atoms with E-state index in [9.17, 15) is 14.7 Å². The number of nitrogens with zero attached hydrogens (tertiary/aromatic N) is 3. The minimum Gasteiger partial charge on any atom is -0.506 e. The molecule has 4 aromatic rings. The molecule has 0 saturated carbocycles. The summed E-state index contributed by atoms with van der Waals surface area (Å²) in [6, 6.07) is 13.4. The number of hydrogen-bond acceptors (Lipinski definition) is 6. The van der Waals surface area contributed by atoms with E-state index in [0.717, 1.165) is 37.0 Å². The highest BCUT2D eigenvalue weighted by molar-refractivity contribution is 5.95. The fourth-order valence-electron chi connectivity index (χ4n) is 4.52. The summed E-state index contributed by atoms with van der Waals surface area (Å²) in [7, 11) is 0. The maximum Gasteiger partial charge on any atom is 0.259 e. The van der Waals surface area contributed by atoms with Gasteiger partial charge in [-0.3, -0.25) is 14.6 Å². The van der Waals surface area contributed by atoms with Crippen molar-refractivity contribution in [2.45, 2.75) is 25.7 Å². The van der Waals surface area contributed by atoms with Crippen LogP contribution in [0.1, 0.15) is 31.2 Å². The van der Waals surface area contributed by atoms with Gasteiger partial charge < -0.3 is 20.3 Å². The largest absolute Gasteiger partial charge is 0.506 e. The molecule has 3 N–H and O–H groups in total. The molecule has 1 fully saturated rings. The third kappa shape index (κ3) is 4.34. The number of carbonyl (C=O) groups excluding carboxylic acids is 1. The van der Waals surface area contributed by atoms with Gasteiger partial charge in [0.1, 0.15) is 11.6 Å². The van der Waals surface area contributed by atoms with Crippen molar-refractivity contribution >= 4 is 28.2 Å². The lowest BCUT2D eigenvalue weighted by molar-refractivity contribution is -0.129. The molecule has 1 amide bonds. The maximum atomic E-state index is 12.6. The van der Waals surface area contributed by atoms with E-state index in [1.165, 1.54) is 11.8 Å². The van der Waals surface area contributed by atoms with Crippen LogP contribution in [0.3, 0.4) is 0 Å². The number of aromatic nitrogens is 3. The Hall–Kier alpha value is -4.20. The second-order valence-corrected chi connectivity index (χ2v) is 8.59. The van der Waals surface area contributed by atoms with Crippen molar-refractivity contribution in [3.63, 3.8) is 0 Å². The van der Waals surface area contributed by atoms with E-state index in [2.05, 4.69) is 32.4 Å². The molecule has 0 spiro atoms. The van der Waals surface area contributed by atoms with Crippen LogP contribution in [0, 0.1) is 0 Å². The van der Waals surface area contributed by atoms with Crippen molar-refractivity contribution in [3.8, 4) is 17.0 Å². The van der Waals surface area contributed by atoms with Crippen LogP contribution >= 0.6 is 0 Å². The van der Waals surface area contributed by atoms with Crippen molar-refractivity contribution in [1.29, 1.82) is 0 Å². The average Bonchev–Trinajstić information content (AvgIpc) is 2.84. The molecule has 1 aromatic carbocycles. The van der Waals surface area contributed by atoms with Crippen molar-refractivity contribution in [2.75, 3.05) is 18.4 Å². The fraction of sp³-hybridized carbons (Fsp3) is 0.231. The molecule has 4 heterocycles. The number of carbonyl (C=O) groups is 1. The lowest BCUT2D eigenvalue weighted by Gasteiger charge is -2.31. The molecule has 34 heavy (non-hydrogen) atoms. The summed E-state index contributed by atoms with van der Waals surface area (Å²) in [4.78, 5) is 37.5. The highest BCUT2D eigenvalue weighted by Gasteiger charge is 2.22. The van der Waals surface area contributed by atoms with Crippen LogP contribution in [-0.2, 0) is 4.79 Å². The zero-order valence-electron chi connectivity index (χ0n) is 18.8. The number of amides is 1. The Kier molecular flexibility index (Phi) is 5.71. The third-order valence-corrected chi connectivity index (χ3v) is 6.36. The van der Waals surface area contributed by atoms with Gasteiger partial charge in [0.05, 0.1) is 17.3 Å². The molecule has 1 aliphatic heterocycles. The normalized spacial score (nSPS) is 14.3. The molecule has 8 heteroatoms. The van der Waals surface area contributed by atoms with Gasteiger partial charge in [-0.05, 0) is 60.0 Å². The summed E-state index contributed by atoms with van der Waals surface area (Å²) in [5.41, 5.74) is 3.06. The molecule has 0 radical (unpaired) electrons.